The Morgan fingerprint density at radius 1 is 1.35 bits per heavy atom. The first-order valence-electron chi connectivity index (χ1n) is 5.84. The summed E-state index contributed by atoms with van der Waals surface area (Å²) in [7, 11) is 0. The van der Waals surface area contributed by atoms with E-state index in [0.29, 0.717) is 18.0 Å². The molecule has 0 atom stereocenters. The van der Waals surface area contributed by atoms with E-state index in [1.54, 1.807) is 25.1 Å². The highest BCUT2D eigenvalue weighted by molar-refractivity contribution is 5.66. The lowest BCUT2D eigenvalue weighted by Gasteiger charge is -2.09. The fourth-order valence-corrected chi connectivity index (χ4v) is 1.37. The molecule has 2 N–H and O–H groups in total. The number of unbranched alkanes of at least 4 members (excludes halogenated alkanes) is 2. The lowest BCUT2D eigenvalue weighted by atomic mass is 10.2. The molecule has 0 heterocycles. The molecular formula is C13H19NO3. The second kappa shape index (κ2) is 6.78. The molecule has 0 saturated heterocycles. The number of nitrogens with two attached hydrogens (primary N) is 1. The second-order valence-corrected chi connectivity index (χ2v) is 3.88. The van der Waals surface area contributed by atoms with Gasteiger partial charge in [0.15, 0.2) is 0 Å². The molecule has 0 aliphatic heterocycles. The number of hydrogen-bond acceptors (Lipinski definition) is 4. The van der Waals surface area contributed by atoms with Gasteiger partial charge in [-0.25, -0.2) is 4.79 Å². The van der Waals surface area contributed by atoms with Crippen molar-refractivity contribution in [3.63, 3.8) is 0 Å². The lowest BCUT2D eigenvalue weighted by molar-refractivity contribution is 0.0972. The number of benzene rings is 1. The fraction of sp³-hybridized carbons (Fsp3) is 0.462. The predicted octanol–water partition coefficient (Wildman–Crippen LogP) is 3.28. The van der Waals surface area contributed by atoms with Crippen molar-refractivity contribution in [2.45, 2.75) is 33.1 Å². The van der Waals surface area contributed by atoms with Gasteiger partial charge in [-0.3, -0.25) is 0 Å². The summed E-state index contributed by atoms with van der Waals surface area (Å²) in [6.45, 7) is 4.29. The summed E-state index contributed by atoms with van der Waals surface area (Å²) in [4.78, 5) is 11.4. The van der Waals surface area contributed by atoms with Crippen molar-refractivity contribution in [3.05, 3.63) is 23.8 Å². The molecule has 0 amide bonds. The van der Waals surface area contributed by atoms with Crippen LogP contribution in [0.15, 0.2) is 18.2 Å². The minimum atomic E-state index is -0.671. The Bertz CT molecular complexity index is 377. The molecule has 0 aliphatic carbocycles. The molecule has 0 fully saturated rings. The van der Waals surface area contributed by atoms with Crippen LogP contribution >= 0.6 is 0 Å². The van der Waals surface area contributed by atoms with E-state index in [-0.39, 0.29) is 0 Å². The highest BCUT2D eigenvalue weighted by Gasteiger charge is 2.09. The van der Waals surface area contributed by atoms with Crippen LogP contribution in [0.5, 0.6) is 5.75 Å². The summed E-state index contributed by atoms with van der Waals surface area (Å²) in [6.07, 6.45) is 2.33. The fourth-order valence-electron chi connectivity index (χ4n) is 1.37. The van der Waals surface area contributed by atoms with Gasteiger partial charge in [0.25, 0.3) is 0 Å². The summed E-state index contributed by atoms with van der Waals surface area (Å²) < 4.78 is 10.0. The van der Waals surface area contributed by atoms with Crippen LogP contribution < -0.4 is 10.5 Å². The first-order chi connectivity index (χ1) is 8.15. The molecule has 0 saturated carbocycles. The summed E-state index contributed by atoms with van der Waals surface area (Å²) in [5.74, 6) is 0.450. The maximum absolute atomic E-state index is 11.4. The Labute approximate surface area is 102 Å². The van der Waals surface area contributed by atoms with Crippen LogP contribution in [0.1, 0.15) is 31.7 Å². The molecule has 17 heavy (non-hydrogen) atoms. The molecule has 0 radical (unpaired) electrons. The monoisotopic (exact) mass is 237 g/mol. The van der Waals surface area contributed by atoms with E-state index in [9.17, 15) is 4.79 Å². The van der Waals surface area contributed by atoms with E-state index in [2.05, 4.69) is 6.92 Å². The van der Waals surface area contributed by atoms with Crippen molar-refractivity contribution in [2.75, 3.05) is 12.3 Å². The highest BCUT2D eigenvalue weighted by Crippen LogP contribution is 2.23. The Hall–Kier alpha value is -1.71. The summed E-state index contributed by atoms with van der Waals surface area (Å²) in [5, 5.41) is 0. The topological polar surface area (TPSA) is 61.5 Å². The van der Waals surface area contributed by atoms with Gasteiger partial charge in [-0.1, -0.05) is 25.8 Å². The smallest absolute Gasteiger partial charge is 0.434 e. The van der Waals surface area contributed by atoms with E-state index >= 15 is 0 Å². The quantitative estimate of drug-likeness (QED) is 0.369. The van der Waals surface area contributed by atoms with Crippen LogP contribution in [0.4, 0.5) is 10.5 Å². The zero-order valence-corrected chi connectivity index (χ0v) is 10.4. The Kier molecular flexibility index (Phi) is 5.33. The third kappa shape index (κ3) is 4.34. The van der Waals surface area contributed by atoms with Crippen LogP contribution in [0, 0.1) is 6.92 Å². The van der Waals surface area contributed by atoms with E-state index < -0.39 is 6.16 Å². The largest absolute Gasteiger partial charge is 0.513 e. The van der Waals surface area contributed by atoms with Gasteiger partial charge < -0.3 is 15.2 Å². The van der Waals surface area contributed by atoms with Gasteiger partial charge in [-0.05, 0) is 25.5 Å². The Morgan fingerprint density at radius 3 is 2.82 bits per heavy atom. The summed E-state index contributed by atoms with van der Waals surface area (Å²) >= 11 is 0. The van der Waals surface area contributed by atoms with Crippen molar-refractivity contribution >= 4 is 11.8 Å². The SMILES string of the molecule is CCCCCOC(=O)Oc1cccc(N)c1C. The average molecular weight is 237 g/mol. The van der Waals surface area contributed by atoms with Crippen molar-refractivity contribution in [3.8, 4) is 5.75 Å². The van der Waals surface area contributed by atoms with E-state index in [1.807, 2.05) is 0 Å². The minimum absolute atomic E-state index is 0.397. The van der Waals surface area contributed by atoms with Gasteiger partial charge in [0.2, 0.25) is 0 Å². The molecule has 0 aliphatic rings. The first kappa shape index (κ1) is 13.4. The predicted molar refractivity (Wildman–Crippen MR) is 67.1 cm³/mol. The van der Waals surface area contributed by atoms with Crippen molar-refractivity contribution < 1.29 is 14.3 Å². The molecule has 0 aromatic heterocycles. The molecule has 4 heteroatoms. The van der Waals surface area contributed by atoms with Crippen molar-refractivity contribution in [2.24, 2.45) is 0 Å². The van der Waals surface area contributed by atoms with E-state index in [0.717, 1.165) is 24.8 Å². The molecular weight excluding hydrogens is 218 g/mol. The van der Waals surface area contributed by atoms with Gasteiger partial charge in [0.05, 0.1) is 6.61 Å². The molecule has 94 valence electrons. The molecule has 0 unspecified atom stereocenters. The third-order valence-corrected chi connectivity index (χ3v) is 2.49. The number of hydrogen-bond donors (Lipinski definition) is 1. The maximum atomic E-state index is 11.4. The zero-order valence-electron chi connectivity index (χ0n) is 10.4. The second-order valence-electron chi connectivity index (χ2n) is 3.88. The molecule has 0 spiro atoms. The number of rotatable bonds is 5. The summed E-state index contributed by atoms with van der Waals surface area (Å²) in [5.41, 5.74) is 7.05. The van der Waals surface area contributed by atoms with Crippen LogP contribution in [-0.2, 0) is 4.74 Å². The first-order valence-corrected chi connectivity index (χ1v) is 5.84. The number of nitrogen functional groups attached to an aromatic ring is 1. The number of anilines is 1. The average Bonchev–Trinajstić information content (AvgIpc) is 2.31. The number of carbonyl (C=O) groups excluding carboxylic acids is 1. The van der Waals surface area contributed by atoms with Crippen LogP contribution in [0.2, 0.25) is 0 Å². The molecule has 1 aromatic carbocycles. The molecule has 0 bridgehead atoms. The van der Waals surface area contributed by atoms with Gasteiger partial charge in [-0.15, -0.1) is 0 Å². The van der Waals surface area contributed by atoms with Crippen LogP contribution in [-0.4, -0.2) is 12.8 Å². The number of carbonyl (C=O) groups is 1. The van der Waals surface area contributed by atoms with Gasteiger partial charge in [-0.2, -0.15) is 0 Å². The Morgan fingerprint density at radius 2 is 2.12 bits per heavy atom. The van der Waals surface area contributed by atoms with Crippen LogP contribution in [0.3, 0.4) is 0 Å². The molecule has 4 nitrogen and oxygen atoms in total. The maximum Gasteiger partial charge on any atom is 0.513 e. The van der Waals surface area contributed by atoms with Crippen LogP contribution in [0.25, 0.3) is 0 Å². The van der Waals surface area contributed by atoms with Gasteiger partial charge in [0, 0.05) is 11.3 Å². The van der Waals surface area contributed by atoms with Crippen molar-refractivity contribution in [1.82, 2.24) is 0 Å². The highest BCUT2D eigenvalue weighted by atomic mass is 16.7. The summed E-state index contributed by atoms with van der Waals surface area (Å²) in [6, 6.07) is 5.19. The van der Waals surface area contributed by atoms with Gasteiger partial charge >= 0.3 is 6.16 Å². The van der Waals surface area contributed by atoms with Gasteiger partial charge in [0.1, 0.15) is 5.75 Å². The standard InChI is InChI=1S/C13H19NO3/c1-3-4-5-9-16-13(15)17-12-8-6-7-11(14)10(12)2/h6-8H,3-5,9,14H2,1-2H3. The van der Waals surface area contributed by atoms with E-state index in [1.165, 1.54) is 0 Å². The molecule has 1 aromatic rings. The van der Waals surface area contributed by atoms with Crippen molar-refractivity contribution in [1.29, 1.82) is 0 Å². The minimum Gasteiger partial charge on any atom is -0.434 e. The number of ether oxygens (including phenoxy) is 2. The molecule has 1 rings (SSSR count). The zero-order chi connectivity index (χ0) is 12.7. The normalized spacial score (nSPS) is 10.0. The third-order valence-electron chi connectivity index (χ3n) is 2.49. The lowest BCUT2D eigenvalue weighted by Crippen LogP contribution is -2.12. The van der Waals surface area contributed by atoms with E-state index in [4.69, 9.17) is 15.2 Å². The Balaban J connectivity index is 2.43.